The molecule has 0 aliphatic rings. The van der Waals surface area contributed by atoms with E-state index in [4.69, 9.17) is 61.2 Å². The molecule has 0 atom stereocenters. The summed E-state index contributed by atoms with van der Waals surface area (Å²) in [4.78, 5) is 98.8. The van der Waals surface area contributed by atoms with Gasteiger partial charge < -0.3 is 62.8 Å². The number of nitrogens with two attached hydrogens (primary N) is 2. The smallest absolute Gasteiger partial charge is 0.259 e. The van der Waals surface area contributed by atoms with Gasteiger partial charge in [-0.05, 0) is 129 Å². The minimum atomic E-state index is -0.557. The fraction of sp³-hybridized carbons (Fsp3) is 0.0909. The number of phenolic OH excluding ortho intramolecular Hbond substituents is 1. The highest BCUT2D eigenvalue weighted by Gasteiger charge is 2.24. The van der Waals surface area contributed by atoms with E-state index in [-0.39, 0.29) is 66.9 Å². The molecule has 6 aromatic carbocycles. The van der Waals surface area contributed by atoms with Gasteiger partial charge in [0.15, 0.2) is 0 Å². The van der Waals surface area contributed by atoms with Crippen LogP contribution in [-0.2, 0) is 0 Å². The van der Waals surface area contributed by atoms with Crippen LogP contribution in [0.3, 0.4) is 0 Å². The molecule has 12 N–H and O–H groups in total. The summed E-state index contributed by atoms with van der Waals surface area (Å²) in [5.74, 6) is -0.811. The number of nitrogens with zero attached hydrogens (tertiary/aromatic N) is 6. The van der Waals surface area contributed by atoms with Crippen molar-refractivity contribution < 1.29 is 43.3 Å². The molecule has 0 saturated heterocycles. The molecule has 3 aromatic heterocycles. The first kappa shape index (κ1) is 71.7. The van der Waals surface area contributed by atoms with E-state index in [1.807, 2.05) is 0 Å². The molecule has 0 spiro atoms. The van der Waals surface area contributed by atoms with Gasteiger partial charge >= 0.3 is 0 Å². The van der Waals surface area contributed by atoms with Gasteiger partial charge in [0, 0.05) is 111 Å². The average molecular weight is 1470 g/mol. The number of aromatic nitrogens is 3. The molecule has 0 bridgehead atoms. The number of aliphatic imine (C=N–C) groups is 2. The van der Waals surface area contributed by atoms with Crippen LogP contribution in [0.15, 0.2) is 189 Å². The molecule has 0 fully saturated rings. The Morgan fingerprint density at radius 1 is 0.463 bits per heavy atom. The van der Waals surface area contributed by atoms with Crippen molar-refractivity contribution in [3.8, 4) is 17.2 Å². The van der Waals surface area contributed by atoms with Crippen LogP contribution in [0.2, 0.25) is 15.1 Å². The molecule has 9 rings (SSSR count). The highest BCUT2D eigenvalue weighted by molar-refractivity contribution is 9.10. The molecule has 29 heteroatoms. The van der Waals surface area contributed by atoms with Crippen molar-refractivity contribution in [2.45, 2.75) is 0 Å². The molecule has 0 aliphatic carbocycles. The van der Waals surface area contributed by atoms with Crippen LogP contribution in [-0.4, -0.2) is 120 Å². The largest absolute Gasteiger partial charge is 0.506 e. The highest BCUT2D eigenvalue weighted by atomic mass is 79.9. The van der Waals surface area contributed by atoms with Gasteiger partial charge in [-0.2, -0.15) is 0 Å². The number of benzene rings is 6. The molecule has 0 aliphatic heterocycles. The highest BCUT2D eigenvalue weighted by Crippen LogP contribution is 2.36. The van der Waals surface area contributed by atoms with Gasteiger partial charge in [0.1, 0.15) is 52.2 Å². The third kappa shape index (κ3) is 19.6. The van der Waals surface area contributed by atoms with Crippen LogP contribution in [0.1, 0.15) is 78.8 Å². The number of rotatable bonds is 17. The summed E-state index contributed by atoms with van der Waals surface area (Å²) in [5, 5.41) is 35.3. The number of pyridine rings is 3. The molecule has 0 saturated carbocycles. The maximum absolute atomic E-state index is 13.0. The number of hydrogen-bond donors (Lipinski definition) is 10. The van der Waals surface area contributed by atoms with Crippen LogP contribution in [0.5, 0.6) is 17.2 Å². The third-order valence-corrected chi connectivity index (χ3v) is 14.8. The lowest BCUT2D eigenvalue weighted by atomic mass is 10.1. The maximum atomic E-state index is 13.0. The van der Waals surface area contributed by atoms with Gasteiger partial charge in [0.25, 0.3) is 35.4 Å². The number of nitrogens with one attached hydrogen (secondary N) is 7. The summed E-state index contributed by atoms with van der Waals surface area (Å²) < 4.78 is 12.3. The van der Waals surface area contributed by atoms with E-state index in [9.17, 15) is 33.9 Å². The molecule has 24 nitrogen and oxygen atoms in total. The Labute approximate surface area is 576 Å². The Balaban J connectivity index is 0.000000202. The Morgan fingerprint density at radius 3 is 1.17 bits per heavy atom. The van der Waals surface area contributed by atoms with E-state index >= 15 is 0 Å². The number of ether oxygens (including phenoxy) is 2. The van der Waals surface area contributed by atoms with Crippen LogP contribution in [0.25, 0.3) is 0 Å². The molecular formula is C66H58Br2Cl3N15O9. The van der Waals surface area contributed by atoms with Crippen LogP contribution < -0.4 is 52.8 Å². The topological polar surface area (TPSA) is 356 Å². The molecule has 0 radical (unpaired) electrons. The number of carbonyl (C=O) groups excluding carboxylic acids is 6. The Bertz CT molecular complexity index is 4380. The van der Waals surface area contributed by atoms with E-state index in [0.29, 0.717) is 67.5 Å². The van der Waals surface area contributed by atoms with Gasteiger partial charge in [-0.3, -0.25) is 44.2 Å². The molecule has 0 unspecified atom stereocenters. The van der Waals surface area contributed by atoms with Crippen LogP contribution >= 0.6 is 66.7 Å². The Morgan fingerprint density at radius 2 is 0.821 bits per heavy atom. The lowest BCUT2D eigenvalue weighted by Gasteiger charge is -2.16. The first-order valence-corrected chi connectivity index (χ1v) is 30.4. The SMILES string of the molecule is CN=C(N)c1ccc(C(=O)Nc2c(O)cccc2C(=O)Nc2ccc(Cl)cn2)cc1.CN=C(N)c1ccc(C(=O)Nc2c(OC)cc(Cl)cc2C(=O)Nc2ccc(Br)cn2)cc1.COc1cc(Cl)cc(C(=O)Nc2ccc(Br)cn2)c1NC(=O)c1ccc(C(=N)N(C)C)cc1. The van der Waals surface area contributed by atoms with Gasteiger partial charge in [-0.1, -0.05) is 77.3 Å². The van der Waals surface area contributed by atoms with Crippen molar-refractivity contribution in [1.82, 2.24) is 19.9 Å². The first-order valence-electron chi connectivity index (χ1n) is 27.7. The lowest BCUT2D eigenvalue weighted by molar-refractivity contribution is 0.101. The number of carbonyl (C=O) groups is 6. The monoisotopic (exact) mass is 1470 g/mol. The zero-order valence-electron chi connectivity index (χ0n) is 51.1. The number of amidine groups is 3. The van der Waals surface area contributed by atoms with Crippen molar-refractivity contribution >= 4 is 154 Å². The number of phenols is 1. The number of methoxy groups -OCH3 is 2. The average Bonchev–Trinajstić information content (AvgIpc) is 0.853. The Hall–Kier alpha value is -10.8. The predicted octanol–water partition coefficient (Wildman–Crippen LogP) is 12.5. The lowest BCUT2D eigenvalue weighted by Crippen LogP contribution is -2.22. The molecular weight excluding hydrogens is 1410 g/mol. The molecule has 486 valence electrons. The van der Waals surface area contributed by atoms with E-state index < -0.39 is 35.4 Å². The van der Waals surface area contributed by atoms with Crippen LogP contribution in [0.4, 0.5) is 34.5 Å². The van der Waals surface area contributed by atoms with Gasteiger partial charge in [-0.15, -0.1) is 0 Å². The van der Waals surface area contributed by atoms with Crippen molar-refractivity contribution in [2.24, 2.45) is 21.5 Å². The quantitative estimate of drug-likeness (QED) is 0.0230. The van der Waals surface area contributed by atoms with E-state index in [1.165, 1.54) is 68.9 Å². The standard InChI is InChI=1S/C23H21BrClN5O3.C22H19BrClN5O3.C21H18ClN5O3/c1-30(2)21(26)13-4-6-14(7-5-13)22(31)29-20-17(10-16(25)11-18(20)33-3)23(32)28-19-9-8-15(24)12-27-19;1-26-20(25)12-3-5-13(6-4-12)21(30)29-19-16(9-15(24)10-17(19)32-2)22(31)28-18-8-7-14(23)11-27-18;1-24-19(23)12-5-7-13(8-6-12)20(29)27-18-15(3-2-4-16(18)28)21(30)26-17-10-9-14(22)11-25-17/h4-12,26H,1-3H3,(H,29,31)(H,27,28,32);3-11H,1-2H3,(H2,25,26)(H,29,30)(H,27,28,31);2-11,28H,1H3,(H2,23,24)(H,27,29)(H,25,26,30). The number of para-hydroxylation sites is 1. The summed E-state index contributed by atoms with van der Waals surface area (Å²) in [6.45, 7) is 0. The van der Waals surface area contributed by atoms with Gasteiger partial charge in [0.2, 0.25) is 0 Å². The van der Waals surface area contributed by atoms with Crippen molar-refractivity contribution in [3.05, 3.63) is 244 Å². The number of aromatic hydroxyl groups is 1. The van der Waals surface area contributed by atoms with Crippen LogP contribution in [0, 0.1) is 5.41 Å². The minimum absolute atomic E-state index is 0.0207. The maximum Gasteiger partial charge on any atom is 0.259 e. The molecule has 6 amide bonds. The van der Waals surface area contributed by atoms with Crippen molar-refractivity contribution in [1.29, 1.82) is 5.41 Å². The number of amides is 6. The fourth-order valence-electron chi connectivity index (χ4n) is 8.30. The first-order chi connectivity index (χ1) is 45.4. The summed E-state index contributed by atoms with van der Waals surface area (Å²) >= 11 is 24.7. The van der Waals surface area contributed by atoms with E-state index in [2.05, 4.69) is 88.7 Å². The molecule has 9 aromatic rings. The normalized spacial score (nSPS) is 10.8. The summed E-state index contributed by atoms with van der Waals surface area (Å²) in [7, 11) is 9.53. The van der Waals surface area contributed by atoms with Gasteiger partial charge in [0.05, 0.1) is 53.0 Å². The third-order valence-electron chi connectivity index (χ3n) is 13.2. The summed E-state index contributed by atoms with van der Waals surface area (Å²) in [5.41, 5.74) is 15.2. The molecule has 95 heavy (non-hydrogen) atoms. The summed E-state index contributed by atoms with van der Waals surface area (Å²) in [6.07, 6.45) is 4.50. The van der Waals surface area contributed by atoms with E-state index in [1.54, 1.807) is 149 Å². The fourth-order valence-corrected chi connectivity index (χ4v) is 9.30. The second-order valence-corrected chi connectivity index (χ2v) is 22.9. The zero-order chi connectivity index (χ0) is 69.0. The van der Waals surface area contributed by atoms with Crippen molar-refractivity contribution in [3.63, 3.8) is 0 Å². The number of halogens is 5. The second-order valence-electron chi connectivity index (χ2n) is 19.8. The van der Waals surface area contributed by atoms with Crippen molar-refractivity contribution in [2.75, 3.05) is 74.3 Å². The Kier molecular flexibility index (Phi) is 25.4. The summed E-state index contributed by atoms with van der Waals surface area (Å²) in [6, 6.07) is 39.7. The zero-order valence-corrected chi connectivity index (χ0v) is 56.5. The number of anilines is 6. The van der Waals surface area contributed by atoms with Gasteiger partial charge in [-0.25, -0.2) is 15.0 Å². The van der Waals surface area contributed by atoms with E-state index in [0.717, 1.165) is 8.95 Å². The second kappa shape index (κ2) is 33.7. The minimum Gasteiger partial charge on any atom is -0.506 e. The predicted molar refractivity (Wildman–Crippen MR) is 378 cm³/mol. The molecule has 3 heterocycles. The number of hydrogen-bond acceptors (Lipinski definition) is 15.